The molecule has 0 radical (unpaired) electrons. The number of hydrogen-bond acceptors (Lipinski definition) is 3. The monoisotopic (exact) mass is 457 g/mol. The summed E-state index contributed by atoms with van der Waals surface area (Å²) in [6, 6.07) is 9.54. The molecule has 0 heterocycles. The summed E-state index contributed by atoms with van der Waals surface area (Å²) in [5.41, 5.74) is 1.93. The summed E-state index contributed by atoms with van der Waals surface area (Å²) >= 11 is 3.14. The van der Waals surface area contributed by atoms with Crippen LogP contribution in [0.3, 0.4) is 0 Å². The number of aryl methyl sites for hydroxylation is 2. The number of carbonyl (C=O) groups is 1. The minimum absolute atomic E-state index is 0.0219. The first-order chi connectivity index (χ1) is 12.5. The average molecular weight is 458 g/mol. The van der Waals surface area contributed by atoms with Gasteiger partial charge in [-0.1, -0.05) is 28.1 Å². The summed E-state index contributed by atoms with van der Waals surface area (Å²) in [6.07, 6.45) is 0. The molecule has 0 atom stereocenters. The Bertz CT molecular complexity index is 964. The number of nitrogens with zero attached hydrogens (tertiary/aromatic N) is 2. The van der Waals surface area contributed by atoms with E-state index in [0.717, 1.165) is 14.2 Å². The summed E-state index contributed by atoms with van der Waals surface area (Å²) in [4.78, 5) is 12.5. The summed E-state index contributed by atoms with van der Waals surface area (Å²) < 4.78 is 42.1. The highest BCUT2D eigenvalue weighted by Gasteiger charge is 2.28. The highest BCUT2D eigenvalue weighted by atomic mass is 79.9. The van der Waals surface area contributed by atoms with E-state index in [4.69, 9.17) is 0 Å². The fraction of sp³-hybridized carbons (Fsp3) is 0.278. The number of carbonyl (C=O) groups excluding carboxylic acids is 1. The Morgan fingerprint density at radius 3 is 2.41 bits per heavy atom. The first kappa shape index (κ1) is 21.3. The zero-order valence-corrected chi connectivity index (χ0v) is 17.9. The van der Waals surface area contributed by atoms with E-state index in [2.05, 4.69) is 21.2 Å². The predicted octanol–water partition coefficient (Wildman–Crippen LogP) is 3.46. The molecule has 146 valence electrons. The molecule has 0 aliphatic rings. The summed E-state index contributed by atoms with van der Waals surface area (Å²) in [7, 11) is -1.15. The largest absolute Gasteiger partial charge is 0.322 e. The summed E-state index contributed by atoms with van der Waals surface area (Å²) in [5, 5.41) is 2.42. The molecular formula is C18H21BrFN3O3S. The van der Waals surface area contributed by atoms with E-state index in [1.807, 2.05) is 13.0 Å². The second-order valence-electron chi connectivity index (χ2n) is 6.26. The molecular weight excluding hydrogens is 437 g/mol. The maximum atomic E-state index is 14.0. The average Bonchev–Trinajstić information content (AvgIpc) is 2.57. The Balaban J connectivity index is 2.37. The number of halogens is 2. The number of benzene rings is 2. The molecule has 2 rings (SSSR count). The third-order valence-corrected chi connectivity index (χ3v) is 6.16. The van der Waals surface area contributed by atoms with Crippen LogP contribution in [0.15, 0.2) is 40.9 Å². The van der Waals surface area contributed by atoms with Gasteiger partial charge in [0.05, 0.1) is 11.4 Å². The van der Waals surface area contributed by atoms with Crippen molar-refractivity contribution >= 4 is 43.4 Å². The van der Waals surface area contributed by atoms with Crippen molar-refractivity contribution in [2.75, 3.05) is 30.3 Å². The van der Waals surface area contributed by atoms with Gasteiger partial charge in [-0.05, 0) is 49.2 Å². The molecule has 1 amide bonds. The molecule has 2 aromatic rings. The van der Waals surface area contributed by atoms with E-state index in [0.29, 0.717) is 15.7 Å². The van der Waals surface area contributed by atoms with Crippen LogP contribution < -0.4 is 9.62 Å². The molecule has 9 heteroatoms. The molecule has 0 unspecified atom stereocenters. The fourth-order valence-electron chi connectivity index (χ4n) is 2.39. The van der Waals surface area contributed by atoms with Crippen molar-refractivity contribution in [3.63, 3.8) is 0 Å². The highest BCUT2D eigenvalue weighted by Crippen LogP contribution is 2.26. The molecule has 0 spiro atoms. The Kier molecular flexibility index (Phi) is 6.61. The van der Waals surface area contributed by atoms with Crippen molar-refractivity contribution in [2.24, 2.45) is 0 Å². The Hall–Kier alpha value is -1.97. The van der Waals surface area contributed by atoms with Crippen LogP contribution in [0.4, 0.5) is 15.8 Å². The summed E-state index contributed by atoms with van der Waals surface area (Å²) in [5.74, 6) is -1.27. The lowest BCUT2D eigenvalue weighted by molar-refractivity contribution is -0.114. The molecule has 2 aromatic carbocycles. The van der Waals surface area contributed by atoms with Crippen LogP contribution in [-0.2, 0) is 15.0 Å². The lowest BCUT2D eigenvalue weighted by Crippen LogP contribution is -2.44. The minimum Gasteiger partial charge on any atom is -0.322 e. The van der Waals surface area contributed by atoms with Gasteiger partial charge in [-0.2, -0.15) is 12.7 Å². The fourth-order valence-corrected chi connectivity index (χ4v) is 3.84. The number of nitrogens with one attached hydrogen (secondary N) is 1. The number of hydrogen-bond donors (Lipinski definition) is 1. The van der Waals surface area contributed by atoms with Gasteiger partial charge in [0.15, 0.2) is 0 Å². The second-order valence-corrected chi connectivity index (χ2v) is 9.24. The van der Waals surface area contributed by atoms with Crippen LogP contribution in [0.2, 0.25) is 0 Å². The Labute approximate surface area is 167 Å². The van der Waals surface area contributed by atoms with E-state index >= 15 is 0 Å². The third kappa shape index (κ3) is 5.06. The highest BCUT2D eigenvalue weighted by molar-refractivity contribution is 9.10. The topological polar surface area (TPSA) is 69.7 Å². The Morgan fingerprint density at radius 1 is 1.15 bits per heavy atom. The van der Waals surface area contributed by atoms with Crippen LogP contribution >= 0.6 is 15.9 Å². The maximum Gasteiger partial charge on any atom is 0.304 e. The normalized spacial score (nSPS) is 11.5. The number of rotatable bonds is 6. The lowest BCUT2D eigenvalue weighted by atomic mass is 10.1. The molecule has 1 N–H and O–H groups in total. The lowest BCUT2D eigenvalue weighted by Gasteiger charge is -2.28. The van der Waals surface area contributed by atoms with E-state index < -0.39 is 28.5 Å². The van der Waals surface area contributed by atoms with Gasteiger partial charge < -0.3 is 5.32 Å². The van der Waals surface area contributed by atoms with Crippen LogP contribution in [0, 0.1) is 19.7 Å². The van der Waals surface area contributed by atoms with Gasteiger partial charge >= 0.3 is 10.2 Å². The van der Waals surface area contributed by atoms with Gasteiger partial charge in [0, 0.05) is 18.6 Å². The molecule has 27 heavy (non-hydrogen) atoms. The quantitative estimate of drug-likeness (QED) is 0.721. The molecule has 0 aliphatic carbocycles. The van der Waals surface area contributed by atoms with Gasteiger partial charge in [0.25, 0.3) is 0 Å². The van der Waals surface area contributed by atoms with Gasteiger partial charge in [-0.15, -0.1) is 0 Å². The SMILES string of the molecule is Cc1ccc(C)c(N(CC(=O)Nc2ccc(Br)cc2F)S(=O)(=O)N(C)C)c1. The zero-order valence-electron chi connectivity index (χ0n) is 15.5. The molecule has 0 saturated heterocycles. The summed E-state index contributed by atoms with van der Waals surface area (Å²) in [6.45, 7) is 3.11. The van der Waals surface area contributed by atoms with Crippen molar-refractivity contribution in [3.8, 4) is 0 Å². The van der Waals surface area contributed by atoms with Crippen molar-refractivity contribution in [3.05, 3.63) is 57.8 Å². The van der Waals surface area contributed by atoms with Crippen molar-refractivity contribution in [1.29, 1.82) is 0 Å². The number of amides is 1. The Morgan fingerprint density at radius 2 is 1.81 bits per heavy atom. The second kappa shape index (κ2) is 8.37. The maximum absolute atomic E-state index is 14.0. The molecule has 0 fully saturated rings. The molecule has 6 nitrogen and oxygen atoms in total. The van der Waals surface area contributed by atoms with Gasteiger partial charge in [-0.3, -0.25) is 4.79 Å². The molecule has 0 saturated carbocycles. The first-order valence-electron chi connectivity index (χ1n) is 8.04. The van der Waals surface area contributed by atoms with Crippen LogP contribution in [0.1, 0.15) is 11.1 Å². The van der Waals surface area contributed by atoms with Crippen molar-refractivity contribution in [2.45, 2.75) is 13.8 Å². The van der Waals surface area contributed by atoms with E-state index in [1.165, 1.54) is 26.2 Å². The number of anilines is 2. The van der Waals surface area contributed by atoms with Gasteiger partial charge in [0.1, 0.15) is 12.4 Å². The van der Waals surface area contributed by atoms with Crippen LogP contribution in [-0.4, -0.2) is 39.3 Å². The first-order valence-corrected chi connectivity index (χ1v) is 10.2. The molecule has 0 aliphatic heterocycles. The van der Waals surface area contributed by atoms with Crippen molar-refractivity contribution in [1.82, 2.24) is 4.31 Å². The van der Waals surface area contributed by atoms with E-state index in [9.17, 15) is 17.6 Å². The third-order valence-electron chi connectivity index (χ3n) is 3.87. The van der Waals surface area contributed by atoms with Crippen LogP contribution in [0.5, 0.6) is 0 Å². The van der Waals surface area contributed by atoms with Crippen molar-refractivity contribution < 1.29 is 17.6 Å². The smallest absolute Gasteiger partial charge is 0.304 e. The van der Waals surface area contributed by atoms with Crippen LogP contribution in [0.25, 0.3) is 0 Å². The zero-order chi connectivity index (χ0) is 20.4. The van der Waals surface area contributed by atoms with Gasteiger partial charge in [0.2, 0.25) is 5.91 Å². The molecule has 0 bridgehead atoms. The standard InChI is InChI=1S/C18H21BrFN3O3S/c1-12-5-6-13(2)17(9-12)23(27(25,26)22(3)4)11-18(24)21-16-8-7-14(19)10-15(16)20/h5-10H,11H2,1-4H3,(H,21,24). The minimum atomic E-state index is -3.93. The van der Waals surface area contributed by atoms with E-state index in [-0.39, 0.29) is 5.69 Å². The molecule has 0 aromatic heterocycles. The predicted molar refractivity (Wildman–Crippen MR) is 109 cm³/mol. The van der Waals surface area contributed by atoms with E-state index in [1.54, 1.807) is 25.1 Å². The van der Waals surface area contributed by atoms with Gasteiger partial charge in [-0.25, -0.2) is 8.70 Å².